The molecule has 0 saturated carbocycles. The second-order valence-corrected chi connectivity index (χ2v) is 7.20. The maximum atomic E-state index is 13.0. The Morgan fingerprint density at radius 2 is 1.72 bits per heavy atom. The summed E-state index contributed by atoms with van der Waals surface area (Å²) in [5.74, 6) is 0.484. The van der Waals surface area contributed by atoms with Crippen molar-refractivity contribution in [2.75, 3.05) is 11.9 Å². The molecule has 0 atom stereocenters. The summed E-state index contributed by atoms with van der Waals surface area (Å²) in [7, 11) is 0. The van der Waals surface area contributed by atoms with E-state index in [4.69, 9.17) is 4.74 Å². The van der Waals surface area contributed by atoms with Crippen molar-refractivity contribution in [2.24, 2.45) is 5.92 Å². The largest absolute Gasteiger partial charge is 0.494 e. The minimum atomic E-state index is -0.482. The summed E-state index contributed by atoms with van der Waals surface area (Å²) >= 11 is 0. The fourth-order valence-corrected chi connectivity index (χ4v) is 3.20. The van der Waals surface area contributed by atoms with E-state index >= 15 is 0 Å². The van der Waals surface area contributed by atoms with Gasteiger partial charge in [-0.05, 0) is 49.2 Å². The van der Waals surface area contributed by atoms with Crippen LogP contribution in [-0.4, -0.2) is 21.6 Å². The minimum absolute atomic E-state index is 0.118. The van der Waals surface area contributed by atoms with Crippen LogP contribution in [0.1, 0.15) is 20.8 Å². The van der Waals surface area contributed by atoms with Gasteiger partial charge in [-0.15, -0.1) is 0 Å². The highest BCUT2D eigenvalue weighted by atomic mass is 16.5. The number of anilines is 1. The van der Waals surface area contributed by atoms with E-state index in [-0.39, 0.29) is 23.9 Å². The summed E-state index contributed by atoms with van der Waals surface area (Å²) in [5, 5.41) is 3.20. The van der Waals surface area contributed by atoms with Gasteiger partial charge in [0.2, 0.25) is 5.91 Å². The van der Waals surface area contributed by atoms with Gasteiger partial charge in [0, 0.05) is 12.2 Å². The molecule has 0 aliphatic rings. The molecule has 29 heavy (non-hydrogen) atoms. The quantitative estimate of drug-likeness (QED) is 0.667. The van der Waals surface area contributed by atoms with Crippen molar-refractivity contribution >= 4 is 22.5 Å². The lowest BCUT2D eigenvalue weighted by molar-refractivity contribution is -0.116. The Morgan fingerprint density at radius 3 is 2.38 bits per heavy atom. The minimum Gasteiger partial charge on any atom is -0.494 e. The monoisotopic (exact) mass is 395 g/mol. The number of hydrogen-bond acceptors (Lipinski definition) is 4. The lowest BCUT2D eigenvalue weighted by atomic mass is 10.2. The zero-order valence-corrected chi connectivity index (χ0v) is 16.8. The van der Waals surface area contributed by atoms with Crippen LogP contribution >= 0.6 is 0 Å². The molecule has 7 heteroatoms. The Balaban J connectivity index is 1.93. The summed E-state index contributed by atoms with van der Waals surface area (Å²) in [6.45, 7) is 6.44. The average Bonchev–Trinajstić information content (AvgIpc) is 2.70. The van der Waals surface area contributed by atoms with E-state index < -0.39 is 5.69 Å². The molecule has 2 aromatic carbocycles. The molecule has 0 bridgehead atoms. The van der Waals surface area contributed by atoms with Crippen LogP contribution in [0.5, 0.6) is 5.75 Å². The number of para-hydroxylation sites is 1. The molecular formula is C22H25N3O4. The topological polar surface area (TPSA) is 82.3 Å². The Hall–Kier alpha value is -3.35. The van der Waals surface area contributed by atoms with Gasteiger partial charge in [0.05, 0.1) is 17.5 Å². The molecule has 0 aliphatic carbocycles. The van der Waals surface area contributed by atoms with E-state index in [1.54, 1.807) is 48.5 Å². The van der Waals surface area contributed by atoms with Crippen molar-refractivity contribution < 1.29 is 9.53 Å². The number of carbonyl (C=O) groups excluding carboxylic acids is 1. The van der Waals surface area contributed by atoms with Gasteiger partial charge in [-0.3, -0.25) is 18.7 Å². The second kappa shape index (κ2) is 8.77. The molecule has 3 rings (SSSR count). The number of ether oxygens (including phenoxy) is 1. The van der Waals surface area contributed by atoms with E-state index in [2.05, 4.69) is 5.32 Å². The maximum Gasteiger partial charge on any atom is 0.331 e. The van der Waals surface area contributed by atoms with Crippen LogP contribution in [-0.2, 0) is 17.9 Å². The third kappa shape index (κ3) is 4.56. The molecule has 1 N–H and O–H groups in total. The zero-order chi connectivity index (χ0) is 21.0. The van der Waals surface area contributed by atoms with Crippen LogP contribution in [0.2, 0.25) is 0 Å². The van der Waals surface area contributed by atoms with E-state index in [1.165, 1.54) is 9.13 Å². The zero-order valence-electron chi connectivity index (χ0n) is 16.8. The fourth-order valence-electron chi connectivity index (χ4n) is 3.20. The van der Waals surface area contributed by atoms with Gasteiger partial charge in [0.15, 0.2) is 0 Å². The molecule has 0 spiro atoms. The van der Waals surface area contributed by atoms with Crippen molar-refractivity contribution in [1.82, 2.24) is 9.13 Å². The number of nitrogens with one attached hydrogen (secondary N) is 1. The lowest BCUT2D eigenvalue weighted by Crippen LogP contribution is -2.42. The van der Waals surface area contributed by atoms with Crippen LogP contribution in [0.15, 0.2) is 58.1 Å². The first kappa shape index (κ1) is 20.4. The predicted octanol–water partition coefficient (Wildman–Crippen LogP) is 2.86. The summed E-state index contributed by atoms with van der Waals surface area (Å²) in [5.41, 5.74) is 0.238. The molecule has 1 amide bonds. The number of hydrogen-bond donors (Lipinski definition) is 1. The van der Waals surface area contributed by atoms with Gasteiger partial charge in [0.25, 0.3) is 5.56 Å². The van der Waals surface area contributed by atoms with E-state index in [0.717, 1.165) is 0 Å². The summed E-state index contributed by atoms with van der Waals surface area (Å²) in [6, 6.07) is 13.9. The Labute approximate surface area is 168 Å². The molecule has 1 aromatic heterocycles. The van der Waals surface area contributed by atoms with Crippen molar-refractivity contribution in [3.05, 3.63) is 69.4 Å². The van der Waals surface area contributed by atoms with Crippen molar-refractivity contribution in [1.29, 1.82) is 0 Å². The number of carbonyl (C=O) groups is 1. The first-order chi connectivity index (χ1) is 13.9. The summed E-state index contributed by atoms with van der Waals surface area (Å²) in [6.07, 6.45) is 0. The average molecular weight is 395 g/mol. The number of benzene rings is 2. The van der Waals surface area contributed by atoms with Crippen LogP contribution in [0.4, 0.5) is 5.69 Å². The van der Waals surface area contributed by atoms with Crippen LogP contribution in [0, 0.1) is 5.92 Å². The van der Waals surface area contributed by atoms with Gasteiger partial charge in [-0.25, -0.2) is 4.79 Å². The molecule has 0 radical (unpaired) electrons. The third-order valence-corrected chi connectivity index (χ3v) is 4.43. The number of rotatable bonds is 7. The number of aromatic nitrogens is 2. The van der Waals surface area contributed by atoms with E-state index in [1.807, 2.05) is 20.8 Å². The van der Waals surface area contributed by atoms with Gasteiger partial charge in [0.1, 0.15) is 12.3 Å². The highest BCUT2D eigenvalue weighted by Gasteiger charge is 2.16. The highest BCUT2D eigenvalue weighted by Crippen LogP contribution is 2.16. The van der Waals surface area contributed by atoms with Gasteiger partial charge in [-0.1, -0.05) is 26.0 Å². The smallest absolute Gasteiger partial charge is 0.331 e. The predicted molar refractivity (Wildman–Crippen MR) is 114 cm³/mol. The van der Waals surface area contributed by atoms with Crippen molar-refractivity contribution in [3.8, 4) is 5.75 Å². The molecule has 1 heterocycles. The third-order valence-electron chi connectivity index (χ3n) is 4.43. The van der Waals surface area contributed by atoms with Gasteiger partial charge >= 0.3 is 5.69 Å². The van der Waals surface area contributed by atoms with Crippen molar-refractivity contribution in [3.63, 3.8) is 0 Å². The normalized spacial score (nSPS) is 11.0. The summed E-state index contributed by atoms with van der Waals surface area (Å²) < 4.78 is 7.95. The molecule has 0 aliphatic heterocycles. The maximum absolute atomic E-state index is 13.0. The van der Waals surface area contributed by atoms with E-state index in [9.17, 15) is 14.4 Å². The Morgan fingerprint density at radius 1 is 1.03 bits per heavy atom. The van der Waals surface area contributed by atoms with Gasteiger partial charge in [-0.2, -0.15) is 0 Å². The molecule has 0 unspecified atom stereocenters. The summed E-state index contributed by atoms with van der Waals surface area (Å²) in [4.78, 5) is 38.3. The SMILES string of the molecule is CCOc1ccc(NC(=O)Cn2c(=O)n(CC(C)C)c(=O)c3ccccc32)cc1. The van der Waals surface area contributed by atoms with Crippen LogP contribution < -0.4 is 21.3 Å². The molecule has 7 nitrogen and oxygen atoms in total. The van der Waals surface area contributed by atoms with E-state index in [0.29, 0.717) is 35.5 Å². The highest BCUT2D eigenvalue weighted by molar-refractivity contribution is 5.91. The molecule has 0 fully saturated rings. The molecular weight excluding hydrogens is 370 g/mol. The number of amides is 1. The van der Waals surface area contributed by atoms with Gasteiger partial charge < -0.3 is 10.1 Å². The number of fused-ring (bicyclic) bond motifs is 1. The molecule has 0 saturated heterocycles. The molecule has 3 aromatic rings. The second-order valence-electron chi connectivity index (χ2n) is 7.20. The molecule has 152 valence electrons. The standard InChI is InChI=1S/C22H25N3O4/c1-4-29-17-11-9-16(10-12-17)23-20(26)14-24-19-8-6-5-7-18(19)21(27)25(22(24)28)13-15(2)3/h5-12,15H,4,13-14H2,1-3H3,(H,23,26). The lowest BCUT2D eigenvalue weighted by Gasteiger charge is -2.15. The first-order valence-electron chi connectivity index (χ1n) is 9.65. The Kier molecular flexibility index (Phi) is 6.16. The fraction of sp³-hybridized carbons (Fsp3) is 0.318. The number of nitrogens with zero attached hydrogens (tertiary/aromatic N) is 2. The van der Waals surface area contributed by atoms with Crippen molar-refractivity contribution in [2.45, 2.75) is 33.9 Å². The Bertz CT molecular complexity index is 1130. The van der Waals surface area contributed by atoms with Crippen LogP contribution in [0.3, 0.4) is 0 Å². The first-order valence-corrected chi connectivity index (χ1v) is 9.65. The van der Waals surface area contributed by atoms with Crippen LogP contribution in [0.25, 0.3) is 10.9 Å².